The topological polar surface area (TPSA) is 111 Å². The fourth-order valence-electron chi connectivity index (χ4n) is 2.39. The summed E-state index contributed by atoms with van der Waals surface area (Å²) in [6.07, 6.45) is -1.28. The standard InChI is InChI=1S/C19H12ClF2N3O5S/c1-9(30-18(27)12-7-11(25(28)29)3-4-13(12)20)17(26)24-19-23-16(8-31-19)10-2-5-14(21)15(22)6-10/h2-9H,1H3,(H,23,24,26)/t9-/m0/s1. The van der Waals surface area contributed by atoms with E-state index in [0.29, 0.717) is 11.3 Å². The number of esters is 1. The number of nitro benzene ring substituents is 1. The molecule has 12 heteroatoms. The van der Waals surface area contributed by atoms with Crippen LogP contribution in [0, 0.1) is 21.7 Å². The molecule has 160 valence electrons. The number of benzene rings is 2. The summed E-state index contributed by atoms with van der Waals surface area (Å²) < 4.78 is 31.5. The zero-order chi connectivity index (χ0) is 22.7. The number of hydrogen-bond acceptors (Lipinski definition) is 7. The minimum absolute atomic E-state index is 0.0701. The highest BCUT2D eigenvalue weighted by Crippen LogP contribution is 2.27. The van der Waals surface area contributed by atoms with Crippen molar-refractivity contribution >= 4 is 45.6 Å². The van der Waals surface area contributed by atoms with E-state index in [1.807, 2.05) is 0 Å². The number of amides is 1. The zero-order valence-corrected chi connectivity index (χ0v) is 17.2. The van der Waals surface area contributed by atoms with Crippen LogP contribution in [-0.2, 0) is 9.53 Å². The molecule has 0 unspecified atom stereocenters. The van der Waals surface area contributed by atoms with Crippen LogP contribution in [0.25, 0.3) is 11.3 Å². The Morgan fingerprint density at radius 3 is 2.65 bits per heavy atom. The average Bonchev–Trinajstić information content (AvgIpc) is 3.18. The van der Waals surface area contributed by atoms with Crippen molar-refractivity contribution in [1.82, 2.24) is 4.98 Å². The summed E-state index contributed by atoms with van der Waals surface area (Å²) in [5.41, 5.74) is 0.00838. The van der Waals surface area contributed by atoms with Crippen molar-refractivity contribution in [2.24, 2.45) is 0 Å². The number of halogens is 3. The quantitative estimate of drug-likeness (QED) is 0.315. The van der Waals surface area contributed by atoms with E-state index in [2.05, 4.69) is 10.3 Å². The summed E-state index contributed by atoms with van der Waals surface area (Å²) in [6, 6.07) is 6.53. The number of ether oxygens (including phenoxy) is 1. The first-order chi connectivity index (χ1) is 14.7. The molecule has 1 amide bonds. The van der Waals surface area contributed by atoms with Gasteiger partial charge in [-0.25, -0.2) is 18.6 Å². The first kappa shape index (κ1) is 22.2. The maximum absolute atomic E-state index is 13.4. The Labute approximate surface area is 182 Å². The molecule has 31 heavy (non-hydrogen) atoms. The Morgan fingerprint density at radius 2 is 1.97 bits per heavy atom. The molecular weight excluding hydrogens is 456 g/mol. The predicted molar refractivity (Wildman–Crippen MR) is 109 cm³/mol. The first-order valence-corrected chi connectivity index (χ1v) is 9.78. The molecule has 0 aliphatic carbocycles. The van der Waals surface area contributed by atoms with Crippen molar-refractivity contribution in [2.75, 3.05) is 5.32 Å². The normalized spacial score (nSPS) is 11.6. The zero-order valence-electron chi connectivity index (χ0n) is 15.6. The van der Waals surface area contributed by atoms with Gasteiger partial charge in [-0.2, -0.15) is 0 Å². The van der Waals surface area contributed by atoms with Crippen molar-refractivity contribution in [1.29, 1.82) is 0 Å². The van der Waals surface area contributed by atoms with Gasteiger partial charge in [-0.15, -0.1) is 11.3 Å². The van der Waals surface area contributed by atoms with Gasteiger partial charge in [0.1, 0.15) is 0 Å². The molecule has 0 radical (unpaired) electrons. The number of nitrogens with one attached hydrogen (secondary N) is 1. The van der Waals surface area contributed by atoms with Crippen molar-refractivity contribution in [3.05, 3.63) is 74.1 Å². The van der Waals surface area contributed by atoms with Crippen molar-refractivity contribution in [2.45, 2.75) is 13.0 Å². The fourth-order valence-corrected chi connectivity index (χ4v) is 3.30. The summed E-state index contributed by atoms with van der Waals surface area (Å²) in [7, 11) is 0. The van der Waals surface area contributed by atoms with E-state index in [4.69, 9.17) is 16.3 Å². The molecule has 3 rings (SSSR count). The lowest BCUT2D eigenvalue weighted by atomic mass is 10.2. The summed E-state index contributed by atoms with van der Waals surface area (Å²) >= 11 is 6.92. The number of aromatic nitrogens is 1. The Bertz CT molecular complexity index is 1190. The molecule has 8 nitrogen and oxygen atoms in total. The van der Waals surface area contributed by atoms with Crippen LogP contribution in [0.4, 0.5) is 19.6 Å². The largest absolute Gasteiger partial charge is 0.449 e. The van der Waals surface area contributed by atoms with Gasteiger partial charge in [0, 0.05) is 23.1 Å². The fraction of sp³-hybridized carbons (Fsp3) is 0.105. The molecule has 0 bridgehead atoms. The molecule has 1 aromatic heterocycles. The summed E-state index contributed by atoms with van der Waals surface area (Å²) in [5, 5.41) is 14.9. The molecule has 2 aromatic carbocycles. The second-order valence-electron chi connectivity index (χ2n) is 6.12. The smallest absolute Gasteiger partial charge is 0.340 e. The van der Waals surface area contributed by atoms with Gasteiger partial charge in [0.2, 0.25) is 0 Å². The average molecular weight is 468 g/mol. The third kappa shape index (κ3) is 5.19. The van der Waals surface area contributed by atoms with Gasteiger partial charge in [0.15, 0.2) is 22.9 Å². The molecule has 0 spiro atoms. The Kier molecular flexibility index (Phi) is 6.56. The van der Waals surface area contributed by atoms with Crippen LogP contribution in [0.5, 0.6) is 0 Å². The van der Waals surface area contributed by atoms with E-state index >= 15 is 0 Å². The van der Waals surface area contributed by atoms with Crippen LogP contribution in [-0.4, -0.2) is 27.9 Å². The lowest BCUT2D eigenvalue weighted by molar-refractivity contribution is -0.384. The van der Waals surface area contributed by atoms with Gasteiger partial charge in [0.05, 0.1) is 21.2 Å². The number of nitro groups is 1. The van der Waals surface area contributed by atoms with Crippen LogP contribution in [0.1, 0.15) is 17.3 Å². The van der Waals surface area contributed by atoms with Gasteiger partial charge >= 0.3 is 5.97 Å². The van der Waals surface area contributed by atoms with Crippen LogP contribution >= 0.6 is 22.9 Å². The molecule has 1 heterocycles. The van der Waals surface area contributed by atoms with Gasteiger partial charge in [-0.05, 0) is 31.2 Å². The van der Waals surface area contributed by atoms with Crippen molar-refractivity contribution < 1.29 is 28.0 Å². The monoisotopic (exact) mass is 467 g/mol. The third-order valence-electron chi connectivity index (χ3n) is 3.98. The van der Waals surface area contributed by atoms with E-state index in [0.717, 1.165) is 35.6 Å². The highest BCUT2D eigenvalue weighted by atomic mass is 35.5. The number of rotatable bonds is 6. The Balaban J connectivity index is 1.67. The predicted octanol–water partition coefficient (Wildman–Crippen LogP) is 4.83. The summed E-state index contributed by atoms with van der Waals surface area (Å²) in [4.78, 5) is 38.9. The molecule has 3 aromatic rings. The lowest BCUT2D eigenvalue weighted by Crippen LogP contribution is -2.30. The Hall–Kier alpha value is -3.44. The van der Waals surface area contributed by atoms with E-state index < -0.39 is 34.5 Å². The van der Waals surface area contributed by atoms with E-state index in [-0.39, 0.29) is 21.4 Å². The van der Waals surface area contributed by atoms with Crippen molar-refractivity contribution in [3.8, 4) is 11.3 Å². The number of hydrogen-bond donors (Lipinski definition) is 1. The second-order valence-corrected chi connectivity index (χ2v) is 7.39. The number of carbonyl (C=O) groups is 2. The van der Waals surface area contributed by atoms with Crippen LogP contribution in [0.15, 0.2) is 41.8 Å². The van der Waals surface area contributed by atoms with E-state index in [9.17, 15) is 28.5 Å². The number of non-ortho nitro benzene ring substituents is 1. The summed E-state index contributed by atoms with van der Waals surface area (Å²) in [5.74, 6) is -3.76. The molecule has 0 saturated carbocycles. The molecule has 0 aliphatic heterocycles. The highest BCUT2D eigenvalue weighted by Gasteiger charge is 2.23. The minimum atomic E-state index is -1.28. The molecule has 0 fully saturated rings. The number of thiazole rings is 1. The van der Waals surface area contributed by atoms with Gasteiger partial charge in [-0.3, -0.25) is 20.2 Å². The van der Waals surface area contributed by atoms with Crippen LogP contribution < -0.4 is 5.32 Å². The molecule has 0 aliphatic rings. The third-order valence-corrected chi connectivity index (χ3v) is 5.07. The van der Waals surface area contributed by atoms with E-state index in [1.54, 1.807) is 0 Å². The Morgan fingerprint density at radius 1 is 1.23 bits per heavy atom. The maximum atomic E-state index is 13.4. The number of carbonyl (C=O) groups excluding carboxylic acids is 2. The molecule has 1 N–H and O–H groups in total. The first-order valence-electron chi connectivity index (χ1n) is 8.52. The molecule has 1 atom stereocenters. The number of nitrogens with zero attached hydrogens (tertiary/aromatic N) is 2. The van der Waals surface area contributed by atoms with Gasteiger partial charge in [0.25, 0.3) is 11.6 Å². The van der Waals surface area contributed by atoms with Gasteiger partial charge in [-0.1, -0.05) is 11.6 Å². The van der Waals surface area contributed by atoms with Crippen LogP contribution in [0.3, 0.4) is 0 Å². The van der Waals surface area contributed by atoms with Crippen molar-refractivity contribution in [3.63, 3.8) is 0 Å². The second kappa shape index (κ2) is 9.14. The maximum Gasteiger partial charge on any atom is 0.340 e. The SMILES string of the molecule is C[C@H](OC(=O)c1cc([N+](=O)[O-])ccc1Cl)C(=O)Nc1nc(-c2ccc(F)c(F)c2)cs1. The minimum Gasteiger partial charge on any atom is -0.449 e. The van der Waals surface area contributed by atoms with Crippen LogP contribution in [0.2, 0.25) is 5.02 Å². The molecular formula is C19H12ClF2N3O5S. The van der Waals surface area contributed by atoms with E-state index in [1.165, 1.54) is 24.4 Å². The van der Waals surface area contributed by atoms with Gasteiger partial charge < -0.3 is 4.74 Å². The highest BCUT2D eigenvalue weighted by molar-refractivity contribution is 7.14. The molecule has 0 saturated heterocycles. The number of anilines is 1. The lowest BCUT2D eigenvalue weighted by Gasteiger charge is -2.13. The summed E-state index contributed by atoms with van der Waals surface area (Å²) in [6.45, 7) is 1.29.